The second-order valence-electron chi connectivity index (χ2n) is 10.9. The summed E-state index contributed by atoms with van der Waals surface area (Å²) >= 11 is 1.93. The molecule has 206 valence electrons. The molecule has 5 heteroatoms. The number of thioether (sulfide) groups is 1. The van der Waals surface area contributed by atoms with Crippen LogP contribution in [0, 0.1) is 0 Å². The van der Waals surface area contributed by atoms with Crippen molar-refractivity contribution in [3.63, 3.8) is 0 Å². The number of hydrogen-bond donors (Lipinski definition) is 1. The number of aliphatic hydroxyl groups excluding tert-OH is 1. The second-order valence-corrected chi connectivity index (χ2v) is 12.3. The minimum absolute atomic E-state index is 0. The summed E-state index contributed by atoms with van der Waals surface area (Å²) in [7, 11) is 0. The van der Waals surface area contributed by atoms with Gasteiger partial charge in [0.25, 0.3) is 0 Å². The van der Waals surface area contributed by atoms with E-state index in [9.17, 15) is 5.11 Å². The van der Waals surface area contributed by atoms with E-state index in [0.717, 1.165) is 57.1 Å². The molecule has 0 aromatic heterocycles. The molecule has 2 aliphatic heterocycles. The van der Waals surface area contributed by atoms with Crippen molar-refractivity contribution in [2.75, 3.05) is 6.73 Å². The standard InChI is InChI=1S/C32H47NO2S.ClH/c1-4-7-8-9-10-25-11-13-26(14-12-25)15-17-28-18-19-29(33(28)24-34)27-16-20-30-31(23-27)36-32(35-30,21-5-2)22-6-3;/h11-14,16,20,23,28-29,34H,4-10,15,17-19,21-22,24H2,1-3H3;1H. The van der Waals surface area contributed by atoms with Crippen LogP contribution in [-0.2, 0) is 12.8 Å². The molecule has 0 radical (unpaired) electrons. The first kappa shape index (κ1) is 30.3. The molecular weight excluding hydrogens is 498 g/mol. The highest BCUT2D eigenvalue weighted by Crippen LogP contribution is 2.53. The molecule has 1 N–H and O–H groups in total. The molecule has 0 saturated carbocycles. The van der Waals surface area contributed by atoms with E-state index >= 15 is 0 Å². The average molecular weight is 546 g/mol. The Morgan fingerprint density at radius 1 is 0.892 bits per heavy atom. The molecule has 0 spiro atoms. The number of aliphatic hydroxyl groups is 1. The van der Waals surface area contributed by atoms with Crippen LogP contribution in [0.3, 0.4) is 0 Å². The van der Waals surface area contributed by atoms with E-state index in [-0.39, 0.29) is 24.1 Å². The van der Waals surface area contributed by atoms with E-state index < -0.39 is 0 Å². The molecule has 2 unspecified atom stereocenters. The summed E-state index contributed by atoms with van der Waals surface area (Å²) in [6, 6.07) is 16.8. The van der Waals surface area contributed by atoms with Crippen molar-refractivity contribution >= 4 is 24.2 Å². The third kappa shape index (κ3) is 7.68. The Morgan fingerprint density at radius 3 is 2.24 bits per heavy atom. The third-order valence-corrected chi connectivity index (χ3v) is 9.52. The summed E-state index contributed by atoms with van der Waals surface area (Å²) in [4.78, 5) is 3.52. The zero-order chi connectivity index (χ0) is 25.4. The Balaban J connectivity index is 0.00000380. The Bertz CT molecular complexity index is 944. The van der Waals surface area contributed by atoms with Gasteiger partial charge in [0.1, 0.15) is 5.75 Å². The van der Waals surface area contributed by atoms with Gasteiger partial charge in [-0.05, 0) is 80.2 Å². The molecule has 0 amide bonds. The lowest BCUT2D eigenvalue weighted by atomic mass is 10.0. The largest absolute Gasteiger partial charge is 0.475 e. The molecule has 2 atom stereocenters. The van der Waals surface area contributed by atoms with Crippen LogP contribution in [0.4, 0.5) is 0 Å². The molecule has 3 nitrogen and oxygen atoms in total. The maximum Gasteiger partial charge on any atom is 0.159 e. The Kier molecular flexibility index (Phi) is 12.2. The number of halogens is 1. The first-order valence-corrected chi connectivity index (χ1v) is 15.4. The number of likely N-dealkylation sites (tertiary alicyclic amines) is 1. The maximum absolute atomic E-state index is 10.3. The van der Waals surface area contributed by atoms with Crippen LogP contribution < -0.4 is 4.74 Å². The molecule has 1 saturated heterocycles. The summed E-state index contributed by atoms with van der Waals surface area (Å²) in [6.45, 7) is 6.89. The number of nitrogens with zero attached hydrogens (tertiary/aromatic N) is 1. The van der Waals surface area contributed by atoms with Gasteiger partial charge in [-0.2, -0.15) is 0 Å². The number of rotatable bonds is 14. The Hall–Kier alpha value is -1.20. The summed E-state index contributed by atoms with van der Waals surface area (Å²) < 4.78 is 6.50. The lowest BCUT2D eigenvalue weighted by Gasteiger charge is -2.28. The van der Waals surface area contributed by atoms with Gasteiger partial charge in [-0.1, -0.05) is 95.0 Å². The summed E-state index contributed by atoms with van der Waals surface area (Å²) in [5.41, 5.74) is 4.22. The molecule has 2 aliphatic rings. The van der Waals surface area contributed by atoms with Gasteiger partial charge in [0.2, 0.25) is 0 Å². The molecule has 1 fully saturated rings. The summed E-state index contributed by atoms with van der Waals surface area (Å²) in [6.07, 6.45) is 15.4. The van der Waals surface area contributed by atoms with Crippen molar-refractivity contribution in [1.82, 2.24) is 4.90 Å². The van der Waals surface area contributed by atoms with Crippen molar-refractivity contribution in [1.29, 1.82) is 0 Å². The van der Waals surface area contributed by atoms with Gasteiger partial charge in [-0.3, -0.25) is 4.90 Å². The van der Waals surface area contributed by atoms with Crippen molar-refractivity contribution in [3.05, 3.63) is 59.2 Å². The van der Waals surface area contributed by atoms with Gasteiger partial charge >= 0.3 is 0 Å². The summed E-state index contributed by atoms with van der Waals surface area (Å²) in [5.74, 6) is 1.05. The fourth-order valence-electron chi connectivity index (χ4n) is 6.19. The molecule has 37 heavy (non-hydrogen) atoms. The maximum atomic E-state index is 10.3. The number of ether oxygens (including phenoxy) is 1. The van der Waals surface area contributed by atoms with Gasteiger partial charge in [0, 0.05) is 12.1 Å². The van der Waals surface area contributed by atoms with Gasteiger partial charge in [-0.15, -0.1) is 12.4 Å². The number of fused-ring (bicyclic) bond motifs is 1. The van der Waals surface area contributed by atoms with E-state index in [2.05, 4.69) is 68.1 Å². The van der Waals surface area contributed by atoms with Crippen LogP contribution in [-0.4, -0.2) is 27.7 Å². The van der Waals surface area contributed by atoms with Crippen LogP contribution in [0.15, 0.2) is 47.4 Å². The van der Waals surface area contributed by atoms with E-state index in [0.29, 0.717) is 12.1 Å². The van der Waals surface area contributed by atoms with Crippen molar-refractivity contribution in [2.45, 2.75) is 126 Å². The average Bonchev–Trinajstić information content (AvgIpc) is 3.46. The highest BCUT2D eigenvalue weighted by Gasteiger charge is 2.40. The first-order valence-electron chi connectivity index (χ1n) is 14.6. The van der Waals surface area contributed by atoms with Crippen molar-refractivity contribution in [3.8, 4) is 5.75 Å². The van der Waals surface area contributed by atoms with Gasteiger partial charge in [0.05, 0.1) is 11.6 Å². The zero-order valence-electron chi connectivity index (χ0n) is 23.2. The Morgan fingerprint density at radius 2 is 1.59 bits per heavy atom. The number of benzene rings is 2. The molecule has 4 rings (SSSR count). The zero-order valence-corrected chi connectivity index (χ0v) is 24.8. The highest BCUT2D eigenvalue weighted by atomic mass is 35.5. The molecule has 0 bridgehead atoms. The molecule has 2 aromatic rings. The van der Waals surface area contributed by atoms with Gasteiger partial charge in [0.15, 0.2) is 4.93 Å². The minimum Gasteiger partial charge on any atom is -0.475 e. The quantitative estimate of drug-likeness (QED) is 0.240. The SMILES string of the molecule is CCCCCCc1ccc(CCC2CCC(c3ccc4c(c3)SC(CCC)(CCC)O4)N2CO)cc1.Cl. The monoisotopic (exact) mass is 545 g/mol. The topological polar surface area (TPSA) is 32.7 Å². The number of aryl methyl sites for hydroxylation is 2. The number of unbranched alkanes of at least 4 members (excludes halogenated alkanes) is 3. The van der Waals surface area contributed by atoms with Crippen LogP contribution in [0.1, 0.15) is 114 Å². The summed E-state index contributed by atoms with van der Waals surface area (Å²) in [5, 5.41) is 10.3. The molecule has 2 heterocycles. The van der Waals surface area contributed by atoms with Crippen molar-refractivity contribution in [2.24, 2.45) is 0 Å². The van der Waals surface area contributed by atoms with E-state index in [1.807, 2.05) is 11.8 Å². The minimum atomic E-state index is -0.0929. The van der Waals surface area contributed by atoms with E-state index in [1.54, 1.807) is 0 Å². The highest BCUT2D eigenvalue weighted by molar-refractivity contribution is 8.00. The normalized spacial score (nSPS) is 20.4. The molecule has 2 aromatic carbocycles. The van der Waals surface area contributed by atoms with Gasteiger partial charge < -0.3 is 9.84 Å². The molecular formula is C32H48ClNO2S. The van der Waals surface area contributed by atoms with E-state index in [1.165, 1.54) is 53.7 Å². The van der Waals surface area contributed by atoms with Gasteiger partial charge in [-0.25, -0.2) is 0 Å². The Labute approximate surface area is 236 Å². The van der Waals surface area contributed by atoms with Crippen LogP contribution >= 0.6 is 24.2 Å². The molecule has 0 aliphatic carbocycles. The number of hydrogen-bond acceptors (Lipinski definition) is 4. The van der Waals surface area contributed by atoms with E-state index in [4.69, 9.17) is 4.74 Å². The smallest absolute Gasteiger partial charge is 0.159 e. The fraction of sp³-hybridized carbons (Fsp3) is 0.625. The van der Waals surface area contributed by atoms with Crippen LogP contribution in [0.5, 0.6) is 5.75 Å². The second kappa shape index (κ2) is 14.8. The third-order valence-electron chi connectivity index (χ3n) is 8.12. The van der Waals surface area contributed by atoms with Crippen molar-refractivity contribution < 1.29 is 9.84 Å². The first-order chi connectivity index (χ1) is 17.6. The predicted molar refractivity (Wildman–Crippen MR) is 160 cm³/mol. The predicted octanol–water partition coefficient (Wildman–Crippen LogP) is 9.10. The van der Waals surface area contributed by atoms with Crippen LogP contribution in [0.25, 0.3) is 0 Å². The van der Waals surface area contributed by atoms with Crippen LogP contribution in [0.2, 0.25) is 0 Å². The lowest BCUT2D eigenvalue weighted by molar-refractivity contribution is 0.0596. The lowest BCUT2D eigenvalue weighted by Crippen LogP contribution is -2.32. The fourth-order valence-corrected chi connectivity index (χ4v) is 7.74.